The minimum Gasteiger partial charge on any atom is -0.493 e. The fourth-order valence-corrected chi connectivity index (χ4v) is 3.00. The molecular formula is C19H20F3N5O3. The monoisotopic (exact) mass is 423 g/mol. The standard InChI is InChI=1S/C19H20F3N5O3/c1-10-13(11(2)27-18(24-10)25-17(26-27)19(20,21)22)8-16(28)23-9-12-5-6-14(29-3)15(7-12)30-4/h5-7H,8-9H2,1-4H3,(H,23,28). The Morgan fingerprint density at radius 1 is 1.13 bits per heavy atom. The van der Waals surface area contributed by atoms with Crippen LogP contribution in [0.15, 0.2) is 18.2 Å². The molecule has 0 aliphatic rings. The summed E-state index contributed by atoms with van der Waals surface area (Å²) in [6.45, 7) is 3.44. The molecule has 0 atom stereocenters. The van der Waals surface area contributed by atoms with E-state index < -0.39 is 12.0 Å². The van der Waals surface area contributed by atoms with E-state index in [0.29, 0.717) is 28.5 Å². The van der Waals surface area contributed by atoms with Crippen molar-refractivity contribution >= 4 is 11.7 Å². The van der Waals surface area contributed by atoms with Crippen molar-refractivity contribution in [2.45, 2.75) is 33.0 Å². The quantitative estimate of drug-likeness (QED) is 0.656. The summed E-state index contributed by atoms with van der Waals surface area (Å²) in [7, 11) is 3.05. The molecule has 0 saturated carbocycles. The maximum Gasteiger partial charge on any atom is 0.453 e. The summed E-state index contributed by atoms with van der Waals surface area (Å²) in [6, 6.07) is 5.27. The van der Waals surface area contributed by atoms with Gasteiger partial charge in [-0.25, -0.2) is 9.50 Å². The van der Waals surface area contributed by atoms with Crippen LogP contribution in [0.5, 0.6) is 11.5 Å². The highest BCUT2D eigenvalue weighted by atomic mass is 19.4. The van der Waals surface area contributed by atoms with E-state index in [2.05, 4.69) is 20.4 Å². The van der Waals surface area contributed by atoms with Gasteiger partial charge in [-0.3, -0.25) is 4.79 Å². The van der Waals surface area contributed by atoms with Crippen LogP contribution in [0.3, 0.4) is 0 Å². The van der Waals surface area contributed by atoms with Gasteiger partial charge in [0.15, 0.2) is 11.5 Å². The molecule has 30 heavy (non-hydrogen) atoms. The number of aryl methyl sites for hydroxylation is 2. The molecule has 0 spiro atoms. The largest absolute Gasteiger partial charge is 0.493 e. The lowest BCUT2D eigenvalue weighted by molar-refractivity contribution is -0.144. The molecule has 0 aliphatic heterocycles. The Labute approximate surface area is 170 Å². The van der Waals surface area contributed by atoms with Crippen LogP contribution in [0.2, 0.25) is 0 Å². The van der Waals surface area contributed by atoms with Gasteiger partial charge in [-0.2, -0.15) is 18.2 Å². The van der Waals surface area contributed by atoms with Crippen LogP contribution in [-0.2, 0) is 23.9 Å². The first-order valence-corrected chi connectivity index (χ1v) is 8.91. The maximum absolute atomic E-state index is 12.9. The Bertz CT molecular complexity index is 1100. The Kier molecular flexibility index (Phi) is 5.81. The third-order valence-corrected chi connectivity index (χ3v) is 4.58. The number of alkyl halides is 3. The summed E-state index contributed by atoms with van der Waals surface area (Å²) >= 11 is 0. The average Bonchev–Trinajstić information content (AvgIpc) is 3.14. The number of halogens is 3. The number of ether oxygens (including phenoxy) is 2. The van der Waals surface area contributed by atoms with Gasteiger partial charge in [-0.15, -0.1) is 5.10 Å². The van der Waals surface area contributed by atoms with Crippen LogP contribution in [0, 0.1) is 13.8 Å². The molecule has 0 saturated heterocycles. The van der Waals surface area contributed by atoms with E-state index >= 15 is 0 Å². The van der Waals surface area contributed by atoms with E-state index in [-0.39, 0.29) is 24.7 Å². The summed E-state index contributed by atoms with van der Waals surface area (Å²) in [5.41, 5.74) is 2.09. The SMILES string of the molecule is COc1ccc(CNC(=O)Cc2c(C)nc3nc(C(F)(F)F)nn3c2C)cc1OC. The third-order valence-electron chi connectivity index (χ3n) is 4.58. The number of aromatic nitrogens is 4. The van der Waals surface area contributed by atoms with Crippen molar-refractivity contribution in [1.82, 2.24) is 24.9 Å². The number of carbonyl (C=O) groups is 1. The van der Waals surface area contributed by atoms with Crippen molar-refractivity contribution in [2.75, 3.05) is 14.2 Å². The van der Waals surface area contributed by atoms with Crippen molar-refractivity contribution in [3.8, 4) is 11.5 Å². The smallest absolute Gasteiger partial charge is 0.453 e. The maximum atomic E-state index is 12.9. The molecule has 0 fully saturated rings. The summed E-state index contributed by atoms with van der Waals surface area (Å²) < 4.78 is 50.1. The third kappa shape index (κ3) is 4.29. The summed E-state index contributed by atoms with van der Waals surface area (Å²) in [4.78, 5) is 19.9. The number of nitrogens with zero attached hydrogens (tertiary/aromatic N) is 4. The second-order valence-corrected chi connectivity index (χ2v) is 6.55. The number of benzene rings is 1. The molecule has 0 unspecified atom stereocenters. The van der Waals surface area contributed by atoms with Crippen molar-refractivity contribution in [1.29, 1.82) is 0 Å². The first kappa shape index (κ1) is 21.3. The number of rotatable bonds is 6. The molecule has 1 aromatic carbocycles. The highest BCUT2D eigenvalue weighted by molar-refractivity contribution is 5.79. The summed E-state index contributed by atoms with van der Waals surface area (Å²) in [5.74, 6) is -0.630. The number of hydrogen-bond acceptors (Lipinski definition) is 6. The van der Waals surface area contributed by atoms with Gasteiger partial charge in [0, 0.05) is 23.5 Å². The van der Waals surface area contributed by atoms with Gasteiger partial charge in [-0.05, 0) is 31.5 Å². The molecule has 11 heteroatoms. The van der Waals surface area contributed by atoms with E-state index in [1.165, 1.54) is 14.2 Å². The Morgan fingerprint density at radius 3 is 2.47 bits per heavy atom. The average molecular weight is 423 g/mol. The fraction of sp³-hybridized carbons (Fsp3) is 0.368. The number of carbonyl (C=O) groups excluding carboxylic acids is 1. The normalized spacial score (nSPS) is 11.6. The van der Waals surface area contributed by atoms with Crippen molar-refractivity contribution < 1.29 is 27.4 Å². The van der Waals surface area contributed by atoms with Gasteiger partial charge in [0.05, 0.1) is 20.6 Å². The minimum absolute atomic E-state index is 0.0604. The van der Waals surface area contributed by atoms with Crippen LogP contribution in [0.25, 0.3) is 5.78 Å². The van der Waals surface area contributed by atoms with E-state index in [9.17, 15) is 18.0 Å². The van der Waals surface area contributed by atoms with E-state index in [1.54, 1.807) is 32.0 Å². The zero-order chi connectivity index (χ0) is 22.1. The minimum atomic E-state index is -4.68. The number of hydrogen-bond donors (Lipinski definition) is 1. The van der Waals surface area contributed by atoms with Gasteiger partial charge >= 0.3 is 6.18 Å². The molecule has 0 bridgehead atoms. The molecule has 8 nitrogen and oxygen atoms in total. The van der Waals surface area contributed by atoms with Gasteiger partial charge in [0.1, 0.15) is 0 Å². The molecule has 3 aromatic rings. The van der Waals surface area contributed by atoms with Crippen LogP contribution in [-0.4, -0.2) is 39.7 Å². The molecule has 1 amide bonds. The van der Waals surface area contributed by atoms with Crippen molar-refractivity contribution in [2.24, 2.45) is 0 Å². The second-order valence-electron chi connectivity index (χ2n) is 6.55. The Hall–Kier alpha value is -3.37. The lowest BCUT2D eigenvalue weighted by Gasteiger charge is -2.12. The van der Waals surface area contributed by atoms with Gasteiger partial charge in [-0.1, -0.05) is 6.07 Å². The van der Waals surface area contributed by atoms with Crippen molar-refractivity contribution in [3.05, 3.63) is 46.5 Å². The number of amides is 1. The molecule has 0 radical (unpaired) electrons. The predicted octanol–water partition coefficient (Wildman–Crippen LogP) is 2.64. The molecule has 0 aliphatic carbocycles. The van der Waals surface area contributed by atoms with Crippen LogP contribution in [0.4, 0.5) is 13.2 Å². The highest BCUT2D eigenvalue weighted by Gasteiger charge is 2.37. The lowest BCUT2D eigenvalue weighted by atomic mass is 10.1. The first-order chi connectivity index (χ1) is 14.1. The van der Waals surface area contributed by atoms with Crippen LogP contribution < -0.4 is 14.8 Å². The second kappa shape index (κ2) is 8.17. The number of fused-ring (bicyclic) bond motifs is 1. The molecular weight excluding hydrogens is 403 g/mol. The highest BCUT2D eigenvalue weighted by Crippen LogP contribution is 2.28. The van der Waals surface area contributed by atoms with Crippen LogP contribution in [0.1, 0.15) is 28.3 Å². The van der Waals surface area contributed by atoms with Gasteiger partial charge in [0.25, 0.3) is 11.6 Å². The Morgan fingerprint density at radius 2 is 1.83 bits per heavy atom. The fourth-order valence-electron chi connectivity index (χ4n) is 3.00. The molecule has 1 N–H and O–H groups in total. The molecule has 3 rings (SSSR count). The van der Waals surface area contributed by atoms with Gasteiger partial charge in [0.2, 0.25) is 5.91 Å². The summed E-state index contributed by atoms with van der Waals surface area (Å²) in [6.07, 6.45) is -4.74. The molecule has 160 valence electrons. The lowest BCUT2D eigenvalue weighted by Crippen LogP contribution is -2.26. The molecule has 2 heterocycles. The number of methoxy groups -OCH3 is 2. The van der Waals surface area contributed by atoms with E-state index in [1.807, 2.05) is 0 Å². The first-order valence-electron chi connectivity index (χ1n) is 8.91. The van der Waals surface area contributed by atoms with Gasteiger partial charge < -0.3 is 14.8 Å². The predicted molar refractivity (Wildman–Crippen MR) is 100 cm³/mol. The van der Waals surface area contributed by atoms with Crippen LogP contribution >= 0.6 is 0 Å². The zero-order valence-corrected chi connectivity index (χ0v) is 16.8. The number of nitrogens with one attached hydrogen (secondary N) is 1. The topological polar surface area (TPSA) is 90.6 Å². The van der Waals surface area contributed by atoms with E-state index in [0.717, 1.165) is 10.1 Å². The van der Waals surface area contributed by atoms with Crippen molar-refractivity contribution in [3.63, 3.8) is 0 Å². The zero-order valence-electron chi connectivity index (χ0n) is 16.8. The van der Waals surface area contributed by atoms with E-state index in [4.69, 9.17) is 9.47 Å². The Balaban J connectivity index is 1.76. The molecule has 2 aromatic heterocycles. The summed E-state index contributed by atoms with van der Waals surface area (Å²) in [5, 5.41) is 6.26.